The second kappa shape index (κ2) is 10.6. The summed E-state index contributed by atoms with van der Waals surface area (Å²) in [5.74, 6) is -0.540. The van der Waals surface area contributed by atoms with Crippen molar-refractivity contribution in [3.63, 3.8) is 0 Å². The predicted molar refractivity (Wildman–Crippen MR) is 115 cm³/mol. The first kappa shape index (κ1) is 22.4. The number of carbonyl (C=O) groups excluding carboxylic acids is 3. The maximum atomic E-state index is 12.5. The average molecular weight is 418 g/mol. The van der Waals surface area contributed by atoms with Gasteiger partial charge in [-0.3, -0.25) is 14.4 Å². The van der Waals surface area contributed by atoms with Crippen molar-refractivity contribution in [3.8, 4) is 0 Å². The Labute approximate surface area is 175 Å². The molecular formula is C21H26ClN4O3+. The molecule has 0 aromatic heterocycles. The lowest BCUT2D eigenvalue weighted by Crippen LogP contribution is -3.17. The molecule has 2 aromatic rings. The molecule has 8 heteroatoms. The average Bonchev–Trinajstić information content (AvgIpc) is 2.66. The van der Waals surface area contributed by atoms with E-state index in [4.69, 9.17) is 11.6 Å². The van der Waals surface area contributed by atoms with Crippen LogP contribution in [0.5, 0.6) is 0 Å². The van der Waals surface area contributed by atoms with Crippen molar-refractivity contribution in [1.82, 2.24) is 0 Å². The van der Waals surface area contributed by atoms with Gasteiger partial charge in [0.15, 0.2) is 12.6 Å². The summed E-state index contributed by atoms with van der Waals surface area (Å²) in [6, 6.07) is 13.4. The Hall–Kier alpha value is -2.90. The minimum atomic E-state index is -0.424. The molecule has 0 radical (unpaired) electrons. The van der Waals surface area contributed by atoms with Crippen LogP contribution >= 0.6 is 11.6 Å². The van der Waals surface area contributed by atoms with Gasteiger partial charge in [-0.25, -0.2) is 0 Å². The molecule has 0 aliphatic carbocycles. The maximum absolute atomic E-state index is 12.5. The summed E-state index contributed by atoms with van der Waals surface area (Å²) in [4.78, 5) is 36.9. The van der Waals surface area contributed by atoms with Gasteiger partial charge in [0, 0.05) is 29.0 Å². The Morgan fingerprint density at radius 1 is 0.966 bits per heavy atom. The van der Waals surface area contributed by atoms with Gasteiger partial charge in [0.25, 0.3) is 11.8 Å². The minimum Gasteiger partial charge on any atom is -0.326 e. The second-order valence-electron chi connectivity index (χ2n) is 6.72. The molecular weight excluding hydrogens is 392 g/mol. The molecule has 0 saturated heterocycles. The van der Waals surface area contributed by atoms with Gasteiger partial charge in [0.05, 0.1) is 6.54 Å². The van der Waals surface area contributed by atoms with Crippen LogP contribution in [0.2, 0.25) is 5.02 Å². The largest absolute Gasteiger partial charge is 0.326 e. The Balaban J connectivity index is 1.92. The van der Waals surface area contributed by atoms with E-state index < -0.39 is 6.04 Å². The van der Waals surface area contributed by atoms with Crippen LogP contribution in [0.3, 0.4) is 0 Å². The van der Waals surface area contributed by atoms with Gasteiger partial charge in [-0.2, -0.15) is 0 Å². The van der Waals surface area contributed by atoms with Crippen molar-refractivity contribution in [2.24, 2.45) is 0 Å². The molecule has 0 heterocycles. The van der Waals surface area contributed by atoms with Gasteiger partial charge >= 0.3 is 0 Å². The van der Waals surface area contributed by atoms with E-state index in [9.17, 15) is 14.4 Å². The highest BCUT2D eigenvalue weighted by Crippen LogP contribution is 2.15. The fourth-order valence-corrected chi connectivity index (χ4v) is 3.03. The topological polar surface area (TPSA) is 91.7 Å². The third-order valence-electron chi connectivity index (χ3n) is 4.43. The molecule has 0 bridgehead atoms. The molecule has 154 valence electrons. The van der Waals surface area contributed by atoms with Gasteiger partial charge < -0.3 is 20.9 Å². The van der Waals surface area contributed by atoms with Crippen molar-refractivity contribution in [1.29, 1.82) is 0 Å². The predicted octanol–water partition coefficient (Wildman–Crippen LogP) is 2.17. The molecule has 1 unspecified atom stereocenters. The summed E-state index contributed by atoms with van der Waals surface area (Å²) >= 11 is 5.95. The lowest BCUT2D eigenvalue weighted by atomic mass is 10.2. The third-order valence-corrected chi connectivity index (χ3v) is 4.66. The standard InChI is InChI=1S/C21H25ClN4O3/c1-4-26(14(2)21(29)25-19-7-5-6-16(22)12-19)13-20(28)24-18-10-8-17(9-11-18)23-15(3)27/h5-12,14H,4,13H2,1-3H3,(H,23,27)(H,24,28)(H,25,29)/p+1/t14-/m0/s1. The van der Waals surface area contributed by atoms with Crippen LogP contribution < -0.4 is 20.9 Å². The van der Waals surface area contributed by atoms with E-state index >= 15 is 0 Å². The van der Waals surface area contributed by atoms with Crippen LogP contribution in [0.4, 0.5) is 17.1 Å². The van der Waals surface area contributed by atoms with E-state index in [1.165, 1.54) is 6.92 Å². The van der Waals surface area contributed by atoms with E-state index in [-0.39, 0.29) is 24.3 Å². The van der Waals surface area contributed by atoms with Crippen molar-refractivity contribution in [2.75, 3.05) is 29.0 Å². The van der Waals surface area contributed by atoms with Crippen LogP contribution in [0.1, 0.15) is 20.8 Å². The van der Waals surface area contributed by atoms with Crippen molar-refractivity contribution in [2.45, 2.75) is 26.8 Å². The number of hydrogen-bond donors (Lipinski definition) is 4. The summed E-state index contributed by atoms with van der Waals surface area (Å²) in [7, 11) is 0. The first-order valence-electron chi connectivity index (χ1n) is 9.37. The third kappa shape index (κ3) is 7.21. The van der Waals surface area contributed by atoms with Crippen LogP contribution in [-0.2, 0) is 14.4 Å². The highest BCUT2D eigenvalue weighted by molar-refractivity contribution is 6.30. The number of carbonyl (C=O) groups is 3. The van der Waals surface area contributed by atoms with Gasteiger partial charge in [0.1, 0.15) is 0 Å². The zero-order valence-electron chi connectivity index (χ0n) is 16.7. The van der Waals surface area contributed by atoms with Crippen molar-refractivity contribution in [3.05, 3.63) is 53.6 Å². The van der Waals surface area contributed by atoms with E-state index in [1.807, 2.05) is 6.92 Å². The highest BCUT2D eigenvalue weighted by atomic mass is 35.5. The molecule has 0 aliphatic rings. The lowest BCUT2D eigenvalue weighted by molar-refractivity contribution is -0.904. The molecule has 0 fully saturated rings. The summed E-state index contributed by atoms with van der Waals surface area (Å²) in [5, 5.41) is 8.86. The van der Waals surface area contributed by atoms with E-state index in [1.54, 1.807) is 55.5 Å². The van der Waals surface area contributed by atoms with Gasteiger partial charge in [0.2, 0.25) is 5.91 Å². The molecule has 29 heavy (non-hydrogen) atoms. The summed E-state index contributed by atoms with van der Waals surface area (Å²) in [6.45, 7) is 5.90. The Morgan fingerprint density at radius 2 is 1.59 bits per heavy atom. The normalized spacial score (nSPS) is 12.6. The van der Waals surface area contributed by atoms with Crippen molar-refractivity contribution >= 4 is 46.4 Å². The number of rotatable bonds is 8. The fraction of sp³-hybridized carbons (Fsp3) is 0.286. The number of likely N-dealkylation sites (N-methyl/N-ethyl adjacent to an activating group) is 1. The molecule has 7 nitrogen and oxygen atoms in total. The molecule has 0 saturated carbocycles. The first-order chi connectivity index (χ1) is 13.8. The van der Waals surface area contributed by atoms with Crippen molar-refractivity contribution < 1.29 is 19.3 Å². The number of nitrogens with one attached hydrogen (secondary N) is 4. The minimum absolute atomic E-state index is 0.147. The highest BCUT2D eigenvalue weighted by Gasteiger charge is 2.26. The van der Waals surface area contributed by atoms with Gasteiger partial charge in [-0.15, -0.1) is 0 Å². The molecule has 4 N–H and O–H groups in total. The number of hydrogen-bond acceptors (Lipinski definition) is 3. The number of halogens is 1. The Kier molecular flexibility index (Phi) is 8.18. The van der Waals surface area contributed by atoms with Gasteiger partial charge in [-0.05, 0) is 56.3 Å². The fourth-order valence-electron chi connectivity index (χ4n) is 2.84. The van der Waals surface area contributed by atoms with Crippen LogP contribution in [-0.4, -0.2) is 36.9 Å². The number of anilines is 3. The first-order valence-corrected chi connectivity index (χ1v) is 9.74. The Bertz CT molecular complexity index is 870. The lowest BCUT2D eigenvalue weighted by Gasteiger charge is -2.23. The number of amides is 3. The summed E-state index contributed by atoms with van der Waals surface area (Å²) in [5.41, 5.74) is 1.90. The number of benzene rings is 2. The molecule has 2 rings (SSSR count). The molecule has 2 aromatic carbocycles. The van der Waals surface area contributed by atoms with E-state index in [0.717, 1.165) is 4.90 Å². The number of quaternary nitrogens is 1. The molecule has 2 atom stereocenters. The van der Waals surface area contributed by atoms with Crippen LogP contribution in [0.25, 0.3) is 0 Å². The van der Waals surface area contributed by atoms with Crippen LogP contribution in [0.15, 0.2) is 48.5 Å². The van der Waals surface area contributed by atoms with E-state index in [0.29, 0.717) is 28.6 Å². The summed E-state index contributed by atoms with van der Waals surface area (Å²) in [6.07, 6.45) is 0. The quantitative estimate of drug-likeness (QED) is 0.530. The molecule has 3 amide bonds. The zero-order chi connectivity index (χ0) is 21.4. The monoisotopic (exact) mass is 417 g/mol. The zero-order valence-corrected chi connectivity index (χ0v) is 17.5. The smallest absolute Gasteiger partial charge is 0.282 e. The van der Waals surface area contributed by atoms with E-state index in [2.05, 4.69) is 16.0 Å². The second-order valence-corrected chi connectivity index (χ2v) is 7.15. The summed E-state index contributed by atoms with van der Waals surface area (Å²) < 4.78 is 0. The SMILES string of the molecule is CC[NH+](CC(=O)Nc1ccc(NC(C)=O)cc1)[C@@H](C)C(=O)Nc1cccc(Cl)c1. The molecule has 0 aliphatic heterocycles. The van der Waals surface area contributed by atoms with Gasteiger partial charge in [-0.1, -0.05) is 17.7 Å². The van der Waals surface area contributed by atoms with Crippen LogP contribution in [0, 0.1) is 0 Å². The maximum Gasteiger partial charge on any atom is 0.282 e. The Morgan fingerprint density at radius 3 is 2.14 bits per heavy atom. The molecule has 0 spiro atoms.